The van der Waals surface area contributed by atoms with Crippen LogP contribution >= 0.6 is 23.4 Å². The molecule has 0 bridgehead atoms. The molecule has 1 amide bonds. The number of nitro groups is 1. The number of benzene rings is 2. The third-order valence-corrected chi connectivity index (χ3v) is 4.14. The van der Waals surface area contributed by atoms with Gasteiger partial charge in [-0.25, -0.2) is 4.42 Å². The molecule has 0 saturated carbocycles. The summed E-state index contributed by atoms with van der Waals surface area (Å²) in [4.78, 5) is 34.9. The van der Waals surface area contributed by atoms with E-state index in [-0.39, 0.29) is 10.7 Å². The Kier molecular flexibility index (Phi) is 6.59. The summed E-state index contributed by atoms with van der Waals surface area (Å²) >= 11 is 11.8. The lowest BCUT2D eigenvalue weighted by atomic mass is 10.1. The second-order valence-electron chi connectivity index (χ2n) is 5.52. The van der Waals surface area contributed by atoms with Crippen LogP contribution < -0.4 is 4.42 Å². The number of nitro benzene ring substituents is 1. The van der Waals surface area contributed by atoms with Gasteiger partial charge in [-0.2, -0.15) is 5.11 Å². The number of hydrogen-bond donors (Lipinski definition) is 0. The van der Waals surface area contributed by atoms with E-state index in [2.05, 4.69) is 10.2 Å². The lowest BCUT2D eigenvalue weighted by molar-refractivity contribution is -0.384. The number of halogens is 2. The monoisotopic (exact) mass is 408 g/mol. The summed E-state index contributed by atoms with van der Waals surface area (Å²) in [5, 5.41) is 18.6. The summed E-state index contributed by atoms with van der Waals surface area (Å²) in [6, 6.07) is 9.03. The number of rotatable bonds is 6. The van der Waals surface area contributed by atoms with E-state index in [4.69, 9.17) is 23.4 Å². The summed E-state index contributed by atoms with van der Waals surface area (Å²) in [6.45, 7) is 2.90. The van der Waals surface area contributed by atoms with Gasteiger partial charge in [-0.15, -0.1) is 5.11 Å². The number of amides is 1. The average molecular weight is 409 g/mol. The van der Waals surface area contributed by atoms with Gasteiger partial charge in [0.25, 0.3) is 11.6 Å². The predicted octanol–water partition coefficient (Wildman–Crippen LogP) is 4.78. The van der Waals surface area contributed by atoms with Crippen molar-refractivity contribution in [1.82, 2.24) is 0 Å². The van der Waals surface area contributed by atoms with E-state index in [1.807, 2.05) is 0 Å². The highest BCUT2D eigenvalue weighted by atomic mass is 35.5. The van der Waals surface area contributed by atoms with Gasteiger partial charge in [0, 0.05) is 22.9 Å². The first-order chi connectivity index (χ1) is 12.7. The molecule has 1 atom stereocenters. The molecule has 0 aliphatic heterocycles. The van der Waals surface area contributed by atoms with Gasteiger partial charge in [0.1, 0.15) is 0 Å². The fourth-order valence-corrected chi connectivity index (χ4v) is 2.61. The smallest absolute Gasteiger partial charge is 0.297 e. The van der Waals surface area contributed by atoms with Crippen LogP contribution in [0.25, 0.3) is 0 Å². The number of para-hydroxylation sites is 1. The molecule has 2 rings (SSSR count). The predicted molar refractivity (Wildman–Crippen MR) is 102 cm³/mol. The fourth-order valence-electron chi connectivity index (χ4n) is 2.16. The number of azo groups is 1. The van der Waals surface area contributed by atoms with Gasteiger partial charge in [0.2, 0.25) is 6.04 Å². The Balaban J connectivity index is 2.35. The van der Waals surface area contributed by atoms with Crippen molar-refractivity contribution in [2.45, 2.75) is 19.9 Å². The summed E-state index contributed by atoms with van der Waals surface area (Å²) < 4.78 is 0.788. The van der Waals surface area contributed by atoms with Crippen LogP contribution in [0.15, 0.2) is 52.7 Å². The number of carbonyl (C=O) groups is 2. The molecule has 0 heterocycles. The van der Waals surface area contributed by atoms with Gasteiger partial charge in [-0.1, -0.05) is 29.8 Å². The molecule has 140 valence electrons. The van der Waals surface area contributed by atoms with Crippen molar-refractivity contribution in [2.24, 2.45) is 10.2 Å². The minimum Gasteiger partial charge on any atom is -0.297 e. The van der Waals surface area contributed by atoms with Crippen molar-refractivity contribution in [3.8, 4) is 0 Å². The largest absolute Gasteiger partial charge is 0.298 e. The Morgan fingerprint density at radius 1 is 1.22 bits per heavy atom. The number of aryl methyl sites for hydroxylation is 1. The van der Waals surface area contributed by atoms with Crippen LogP contribution in [0.4, 0.5) is 17.1 Å². The van der Waals surface area contributed by atoms with Gasteiger partial charge in [-0.05, 0) is 37.6 Å². The molecule has 2 aromatic carbocycles. The van der Waals surface area contributed by atoms with Gasteiger partial charge in [-0.3, -0.25) is 19.7 Å². The summed E-state index contributed by atoms with van der Waals surface area (Å²) in [7, 11) is 0. The topological polar surface area (TPSA) is 105 Å². The van der Waals surface area contributed by atoms with Gasteiger partial charge >= 0.3 is 0 Å². The van der Waals surface area contributed by atoms with Gasteiger partial charge < -0.3 is 0 Å². The Morgan fingerprint density at radius 3 is 2.48 bits per heavy atom. The quantitative estimate of drug-likeness (QED) is 0.225. The van der Waals surface area contributed by atoms with Crippen LogP contribution in [0.1, 0.15) is 12.5 Å². The van der Waals surface area contributed by atoms with Crippen molar-refractivity contribution in [3.05, 3.63) is 63.2 Å². The molecule has 8 nitrogen and oxygen atoms in total. The first-order valence-electron chi connectivity index (χ1n) is 7.63. The minimum atomic E-state index is -1.54. The first-order valence-corrected chi connectivity index (χ1v) is 8.34. The molecular weight excluding hydrogens is 395 g/mol. The van der Waals surface area contributed by atoms with Crippen LogP contribution in [0.5, 0.6) is 0 Å². The van der Waals surface area contributed by atoms with Crippen LogP contribution in [-0.4, -0.2) is 22.7 Å². The first kappa shape index (κ1) is 20.5. The molecule has 0 saturated heterocycles. The number of nitrogens with zero attached hydrogens (tertiary/aromatic N) is 4. The van der Waals surface area contributed by atoms with Crippen molar-refractivity contribution in [1.29, 1.82) is 0 Å². The van der Waals surface area contributed by atoms with Crippen LogP contribution in [0, 0.1) is 17.0 Å². The number of anilines is 1. The van der Waals surface area contributed by atoms with Crippen LogP contribution in [-0.2, 0) is 9.59 Å². The van der Waals surface area contributed by atoms with Crippen molar-refractivity contribution >= 4 is 52.1 Å². The molecule has 0 spiro atoms. The zero-order chi connectivity index (χ0) is 20.1. The zero-order valence-corrected chi connectivity index (χ0v) is 15.8. The molecule has 0 N–H and O–H groups in total. The molecule has 0 aromatic heterocycles. The molecule has 0 radical (unpaired) electrons. The van der Waals surface area contributed by atoms with Crippen LogP contribution in [0.3, 0.4) is 0 Å². The number of carbonyl (C=O) groups excluding carboxylic acids is 2. The molecule has 10 heteroatoms. The molecule has 27 heavy (non-hydrogen) atoms. The van der Waals surface area contributed by atoms with E-state index in [9.17, 15) is 19.7 Å². The lowest BCUT2D eigenvalue weighted by Crippen LogP contribution is -2.36. The standard InChI is InChI=1S/C17H14Cl2N4O4/c1-10-5-3-4-6-14(10)22(19)17(25)16(11(2)24)21-20-13-8-7-12(18)9-15(13)23(26)27/h3-9,16H,1-2H3. The zero-order valence-electron chi connectivity index (χ0n) is 14.3. The van der Waals surface area contributed by atoms with E-state index in [1.165, 1.54) is 12.1 Å². The molecule has 2 aromatic rings. The van der Waals surface area contributed by atoms with E-state index in [1.54, 1.807) is 31.2 Å². The van der Waals surface area contributed by atoms with E-state index < -0.39 is 28.3 Å². The second-order valence-corrected chi connectivity index (χ2v) is 6.30. The number of Topliss-reactive ketones (excluding diaryl/α,β-unsaturated/α-hetero) is 1. The number of hydrogen-bond acceptors (Lipinski definition) is 6. The van der Waals surface area contributed by atoms with E-state index in [0.29, 0.717) is 11.3 Å². The maximum absolute atomic E-state index is 12.6. The van der Waals surface area contributed by atoms with Crippen molar-refractivity contribution in [3.63, 3.8) is 0 Å². The second kappa shape index (κ2) is 8.70. The molecule has 1 unspecified atom stereocenters. The molecule has 0 fully saturated rings. The third kappa shape index (κ3) is 4.87. The Bertz CT molecular complexity index is 933. The summed E-state index contributed by atoms with van der Waals surface area (Å²) in [6.07, 6.45) is 0. The average Bonchev–Trinajstić information content (AvgIpc) is 2.62. The summed E-state index contributed by atoms with van der Waals surface area (Å²) in [5.41, 5.74) is 0.569. The van der Waals surface area contributed by atoms with Crippen LogP contribution in [0.2, 0.25) is 5.02 Å². The third-order valence-electron chi connectivity index (χ3n) is 3.55. The highest BCUT2D eigenvalue weighted by molar-refractivity contribution is 6.39. The Morgan fingerprint density at radius 2 is 1.89 bits per heavy atom. The Labute approximate surface area is 164 Å². The maximum atomic E-state index is 12.6. The normalized spacial score (nSPS) is 12.0. The minimum absolute atomic E-state index is 0.138. The Hall–Kier alpha value is -2.84. The molecular formula is C17H14Cl2N4O4. The maximum Gasteiger partial charge on any atom is 0.298 e. The summed E-state index contributed by atoms with van der Waals surface area (Å²) in [5.74, 6) is -1.43. The highest BCUT2D eigenvalue weighted by Gasteiger charge is 2.29. The fraction of sp³-hybridized carbons (Fsp3) is 0.176. The highest BCUT2D eigenvalue weighted by Crippen LogP contribution is 2.31. The van der Waals surface area contributed by atoms with Crippen molar-refractivity contribution in [2.75, 3.05) is 4.42 Å². The lowest BCUT2D eigenvalue weighted by Gasteiger charge is -2.18. The van der Waals surface area contributed by atoms with Crippen molar-refractivity contribution < 1.29 is 14.5 Å². The molecule has 0 aliphatic rings. The van der Waals surface area contributed by atoms with E-state index >= 15 is 0 Å². The number of ketones is 1. The van der Waals surface area contributed by atoms with Gasteiger partial charge in [0.05, 0.1) is 10.6 Å². The van der Waals surface area contributed by atoms with E-state index in [0.717, 1.165) is 17.4 Å². The molecule has 0 aliphatic carbocycles. The van der Waals surface area contributed by atoms with Gasteiger partial charge in [0.15, 0.2) is 11.5 Å². The SMILES string of the molecule is CC(=O)C(N=Nc1ccc(Cl)cc1[N+](=O)[O-])C(=O)N(Cl)c1ccccc1C.